The maximum absolute atomic E-state index is 14.1. The lowest BCUT2D eigenvalue weighted by atomic mass is 10.0. The molecule has 0 spiro atoms. The van der Waals surface area contributed by atoms with Gasteiger partial charge in [-0.2, -0.15) is 0 Å². The smallest absolute Gasteiger partial charge is 0.257 e. The summed E-state index contributed by atoms with van der Waals surface area (Å²) >= 11 is 0. The first kappa shape index (κ1) is 48.7. The zero-order valence-electron chi connectivity index (χ0n) is 36.0. The highest BCUT2D eigenvalue weighted by Gasteiger charge is 2.37. The quantitative estimate of drug-likeness (QED) is 0.0331. The average molecular weight is 873 g/mol. The van der Waals surface area contributed by atoms with Gasteiger partial charge in [-0.05, 0) is 69.2 Å². The molecule has 63 heavy (non-hydrogen) atoms. The number of para-hydroxylation sites is 2. The highest BCUT2D eigenvalue weighted by atomic mass is 16.2. The number of carbonyl (C=O) groups is 8. The van der Waals surface area contributed by atoms with Gasteiger partial charge >= 0.3 is 0 Å². The normalized spacial score (nSPS) is 15.3. The van der Waals surface area contributed by atoms with Gasteiger partial charge in [-0.1, -0.05) is 50.1 Å². The average Bonchev–Trinajstić information content (AvgIpc) is 3.61. The van der Waals surface area contributed by atoms with E-state index in [1.54, 1.807) is 24.4 Å². The summed E-state index contributed by atoms with van der Waals surface area (Å²) in [7, 11) is 0. The molecule has 3 aromatic rings. The Morgan fingerprint density at radius 2 is 1.49 bits per heavy atom. The molecule has 0 saturated heterocycles. The van der Waals surface area contributed by atoms with Crippen LogP contribution in [0.25, 0.3) is 10.9 Å². The number of unbranched alkanes of at least 4 members (excludes halogenated alkanes) is 2. The molecule has 0 aliphatic carbocycles. The zero-order valence-corrected chi connectivity index (χ0v) is 36.0. The van der Waals surface area contributed by atoms with Crippen LogP contribution in [0.4, 0.5) is 5.69 Å². The number of fused-ring (bicyclic) bond motifs is 2. The highest BCUT2D eigenvalue weighted by Crippen LogP contribution is 2.25. The molecular formula is C43H60N12O8. The molecule has 1 aliphatic heterocycles. The van der Waals surface area contributed by atoms with Crippen LogP contribution >= 0.6 is 0 Å². The molecule has 4 rings (SSSR count). The number of aromatic amines is 1. The van der Waals surface area contributed by atoms with E-state index in [9.17, 15) is 38.4 Å². The van der Waals surface area contributed by atoms with Crippen LogP contribution < -0.4 is 49.1 Å². The van der Waals surface area contributed by atoms with Gasteiger partial charge in [0.2, 0.25) is 41.4 Å². The summed E-state index contributed by atoms with van der Waals surface area (Å²) in [6, 6.07) is 8.68. The number of aromatic nitrogens is 1. The van der Waals surface area contributed by atoms with Crippen LogP contribution in [0.5, 0.6) is 0 Å². The molecule has 0 radical (unpaired) electrons. The van der Waals surface area contributed by atoms with Crippen molar-refractivity contribution in [2.24, 2.45) is 22.2 Å². The van der Waals surface area contributed by atoms with Crippen molar-refractivity contribution in [3.8, 4) is 0 Å². The second kappa shape index (κ2) is 23.9. The minimum Gasteiger partial charge on any atom is -0.370 e. The van der Waals surface area contributed by atoms with Crippen molar-refractivity contribution in [3.63, 3.8) is 0 Å². The van der Waals surface area contributed by atoms with Crippen LogP contribution in [0.1, 0.15) is 88.1 Å². The second-order valence-electron chi connectivity index (χ2n) is 15.5. The number of nitrogens with two attached hydrogens (primary N) is 3. The van der Waals surface area contributed by atoms with E-state index in [2.05, 4.69) is 41.9 Å². The summed E-state index contributed by atoms with van der Waals surface area (Å²) in [5.41, 5.74) is 18.7. The Kier molecular flexibility index (Phi) is 18.4. The van der Waals surface area contributed by atoms with E-state index in [0.717, 1.165) is 27.8 Å². The number of rotatable bonds is 24. The Morgan fingerprint density at radius 1 is 0.810 bits per heavy atom. The van der Waals surface area contributed by atoms with Crippen LogP contribution in [0.2, 0.25) is 0 Å². The van der Waals surface area contributed by atoms with Gasteiger partial charge in [-0.15, -0.1) is 0 Å². The molecule has 1 aromatic heterocycles. The first-order valence-electron chi connectivity index (χ1n) is 21.1. The Balaban J connectivity index is 1.43. The fourth-order valence-corrected chi connectivity index (χ4v) is 7.21. The fraction of sp³-hybridized carbons (Fsp3) is 0.465. The number of anilines is 1. The number of H-pyrrole nitrogens is 1. The number of hydrogen-bond donors (Lipinski definition) is 10. The van der Waals surface area contributed by atoms with Crippen LogP contribution in [0.3, 0.4) is 0 Å². The van der Waals surface area contributed by atoms with E-state index in [1.165, 1.54) is 19.9 Å². The van der Waals surface area contributed by atoms with Gasteiger partial charge in [0, 0.05) is 43.5 Å². The Morgan fingerprint density at radius 3 is 2.21 bits per heavy atom. The largest absolute Gasteiger partial charge is 0.370 e. The molecule has 2 heterocycles. The third-order valence-electron chi connectivity index (χ3n) is 10.5. The Hall–Kier alpha value is -6.99. The number of primary amides is 1. The predicted molar refractivity (Wildman–Crippen MR) is 236 cm³/mol. The van der Waals surface area contributed by atoms with Gasteiger partial charge in [0.1, 0.15) is 36.8 Å². The molecule has 2 aromatic carbocycles. The van der Waals surface area contributed by atoms with Crippen molar-refractivity contribution < 1.29 is 38.4 Å². The van der Waals surface area contributed by atoms with Crippen LogP contribution in [-0.2, 0) is 40.0 Å². The minimum absolute atomic E-state index is 0.0381. The van der Waals surface area contributed by atoms with E-state index in [4.69, 9.17) is 17.2 Å². The number of nitrogens with one attached hydrogen (secondary N) is 7. The van der Waals surface area contributed by atoms with Gasteiger partial charge in [-0.3, -0.25) is 43.3 Å². The topological polar surface area (TPSA) is 318 Å². The first-order valence-corrected chi connectivity index (χ1v) is 21.1. The van der Waals surface area contributed by atoms with Gasteiger partial charge in [0.15, 0.2) is 5.96 Å². The number of hydrogen-bond acceptors (Lipinski definition) is 9. The minimum atomic E-state index is -1.22. The van der Waals surface area contributed by atoms with E-state index < -0.39 is 78.1 Å². The number of benzene rings is 2. The summed E-state index contributed by atoms with van der Waals surface area (Å²) in [6.45, 7) is 4.51. The third kappa shape index (κ3) is 14.6. The molecule has 0 saturated carbocycles. The first-order chi connectivity index (χ1) is 30.1. The summed E-state index contributed by atoms with van der Waals surface area (Å²) < 4.78 is 0. The molecule has 20 heteroatoms. The van der Waals surface area contributed by atoms with Crippen LogP contribution in [0, 0.1) is 0 Å². The molecule has 8 amide bonds. The lowest BCUT2D eigenvalue weighted by Gasteiger charge is -2.29. The summed E-state index contributed by atoms with van der Waals surface area (Å²) in [5, 5.41) is 17.0. The molecule has 20 nitrogen and oxygen atoms in total. The van der Waals surface area contributed by atoms with Crippen molar-refractivity contribution in [1.82, 2.24) is 36.5 Å². The lowest BCUT2D eigenvalue weighted by molar-refractivity contribution is -0.132. The van der Waals surface area contributed by atoms with Crippen molar-refractivity contribution in [2.45, 2.75) is 109 Å². The van der Waals surface area contributed by atoms with Gasteiger partial charge in [-0.25, -0.2) is 0 Å². The van der Waals surface area contributed by atoms with E-state index >= 15 is 0 Å². The predicted octanol–water partition coefficient (Wildman–Crippen LogP) is 0.168. The number of carbonyl (C=O) groups excluding carboxylic acids is 8. The van der Waals surface area contributed by atoms with Crippen molar-refractivity contribution in [3.05, 3.63) is 65.9 Å². The summed E-state index contributed by atoms with van der Waals surface area (Å²) in [5.74, 6) is -4.83. The van der Waals surface area contributed by atoms with Crippen molar-refractivity contribution in [2.75, 3.05) is 25.0 Å². The van der Waals surface area contributed by atoms with Crippen molar-refractivity contribution in [1.29, 1.82) is 0 Å². The molecule has 1 aliphatic rings. The molecule has 5 atom stereocenters. The maximum atomic E-state index is 14.1. The van der Waals surface area contributed by atoms with Gasteiger partial charge in [0.05, 0.1) is 11.3 Å². The third-order valence-corrected chi connectivity index (χ3v) is 10.5. The summed E-state index contributed by atoms with van der Waals surface area (Å²) in [4.78, 5) is 114. The molecule has 1 unspecified atom stereocenters. The standard InChI is InChI=1S/C43H60N12O8/c1-4-5-15-32(51-26(3)56)39(60)50-25(2)38(59)47-20-11-10-19-35-41(62)53-31-17-9-7-14-29(31)42(63)55(35)24-36(57)52-33(18-12-21-48-43(45)46)40(61)54-34(37(44)58)22-27-23-49-30-16-8-6-13-28(27)30/h6-9,13-14,16-17,23,25,32-35,49H,4-5,10-12,15,18-22,24H2,1-3H3,(H2,44,58)(H,47,59)(H,50,60)(H,51,56)(H,52,57)(H,53,62)(H,54,61)(H4,45,46,48)/t25-,32-,33-,34-,35?/m0/s1. The second-order valence-corrected chi connectivity index (χ2v) is 15.5. The molecule has 13 N–H and O–H groups in total. The summed E-state index contributed by atoms with van der Waals surface area (Å²) in [6.07, 6.45) is 4.86. The SMILES string of the molecule is CCCC[C@H](NC(C)=O)C(=O)N[C@@H](C)C(=O)NCCCCC1C(=O)Nc2ccccc2C(=O)N1CC(=O)N[C@@H](CCCN=C(N)N)C(=O)N[C@@H](Cc1c[nH]c2ccccc12)C(N)=O. The fourth-order valence-electron chi connectivity index (χ4n) is 7.21. The maximum Gasteiger partial charge on any atom is 0.257 e. The lowest BCUT2D eigenvalue weighted by Crippen LogP contribution is -2.56. The van der Waals surface area contributed by atoms with Gasteiger partial charge < -0.3 is 59.0 Å². The number of guanidine groups is 1. The Labute approximate surface area is 365 Å². The molecule has 0 bridgehead atoms. The molecule has 0 fully saturated rings. The van der Waals surface area contributed by atoms with Crippen LogP contribution in [0.15, 0.2) is 59.7 Å². The van der Waals surface area contributed by atoms with E-state index in [0.29, 0.717) is 25.7 Å². The highest BCUT2D eigenvalue weighted by molar-refractivity contribution is 6.10. The van der Waals surface area contributed by atoms with E-state index in [1.807, 2.05) is 31.2 Å². The Bertz CT molecular complexity index is 2150. The molecular weight excluding hydrogens is 813 g/mol. The van der Waals surface area contributed by atoms with E-state index in [-0.39, 0.29) is 61.9 Å². The van der Waals surface area contributed by atoms with Crippen LogP contribution in [-0.4, -0.2) is 113 Å². The monoisotopic (exact) mass is 872 g/mol. The van der Waals surface area contributed by atoms with Crippen molar-refractivity contribution >= 4 is 69.8 Å². The number of nitrogens with zero attached hydrogens (tertiary/aromatic N) is 2. The number of amides is 8. The molecule has 340 valence electrons. The van der Waals surface area contributed by atoms with Gasteiger partial charge in [0.25, 0.3) is 5.91 Å². The zero-order chi connectivity index (χ0) is 46.1. The number of aliphatic imine (C=N–C) groups is 1.